The summed E-state index contributed by atoms with van der Waals surface area (Å²) < 4.78 is 11.3. The summed E-state index contributed by atoms with van der Waals surface area (Å²) in [6.07, 6.45) is 7.43. The van der Waals surface area contributed by atoms with Crippen LogP contribution in [0.1, 0.15) is 36.5 Å². The summed E-state index contributed by atoms with van der Waals surface area (Å²) >= 11 is 0. The second-order valence-electron chi connectivity index (χ2n) is 7.06. The van der Waals surface area contributed by atoms with E-state index in [1.165, 1.54) is 0 Å². The third-order valence-electron chi connectivity index (χ3n) is 5.10. The number of aromatic nitrogens is 4. The second kappa shape index (κ2) is 7.92. The minimum atomic E-state index is 0.433. The molecule has 3 aromatic heterocycles. The molecule has 3 heterocycles. The Morgan fingerprint density at radius 1 is 1.04 bits per heavy atom. The van der Waals surface area contributed by atoms with Crippen molar-refractivity contribution in [2.75, 3.05) is 13.7 Å². The van der Waals surface area contributed by atoms with Crippen molar-refractivity contribution in [3.63, 3.8) is 0 Å². The van der Waals surface area contributed by atoms with Crippen LogP contribution >= 0.6 is 0 Å². The third kappa shape index (κ3) is 3.96. The Balaban J connectivity index is 1.45. The summed E-state index contributed by atoms with van der Waals surface area (Å²) in [5, 5.41) is 0. The first-order chi connectivity index (χ1) is 13.7. The summed E-state index contributed by atoms with van der Waals surface area (Å²) in [5.74, 6) is 2.97. The molecule has 2 atom stereocenters. The number of aryl methyl sites for hydroxylation is 2. The van der Waals surface area contributed by atoms with Gasteiger partial charge in [-0.15, -0.1) is 0 Å². The third-order valence-corrected chi connectivity index (χ3v) is 5.10. The van der Waals surface area contributed by atoms with Crippen LogP contribution in [0.5, 0.6) is 11.6 Å². The molecule has 1 aliphatic rings. The van der Waals surface area contributed by atoms with Crippen LogP contribution < -0.4 is 9.47 Å². The smallest absolute Gasteiger partial charge is 0.224 e. The van der Waals surface area contributed by atoms with Gasteiger partial charge in [0.05, 0.1) is 25.5 Å². The van der Waals surface area contributed by atoms with Gasteiger partial charge in [0.1, 0.15) is 11.6 Å². The van der Waals surface area contributed by atoms with Crippen LogP contribution in [-0.4, -0.2) is 33.7 Å². The van der Waals surface area contributed by atoms with E-state index in [0.717, 1.165) is 41.1 Å². The first kappa shape index (κ1) is 18.3. The molecule has 1 fully saturated rings. The largest absolute Gasteiger partial charge is 0.495 e. The van der Waals surface area contributed by atoms with Crippen LogP contribution in [0.4, 0.5) is 0 Å². The van der Waals surface area contributed by atoms with Gasteiger partial charge < -0.3 is 9.47 Å². The van der Waals surface area contributed by atoms with Crippen LogP contribution in [0, 0.1) is 12.8 Å². The van der Waals surface area contributed by atoms with E-state index in [4.69, 9.17) is 9.47 Å². The summed E-state index contributed by atoms with van der Waals surface area (Å²) in [6, 6.07) is 8.07. The minimum Gasteiger partial charge on any atom is -0.495 e. The van der Waals surface area contributed by atoms with Gasteiger partial charge in [0.25, 0.3) is 0 Å². The van der Waals surface area contributed by atoms with Crippen LogP contribution in [0.2, 0.25) is 0 Å². The van der Waals surface area contributed by atoms with Gasteiger partial charge in [-0.2, -0.15) is 4.98 Å². The van der Waals surface area contributed by atoms with Gasteiger partial charge >= 0.3 is 0 Å². The monoisotopic (exact) mass is 376 g/mol. The van der Waals surface area contributed by atoms with E-state index in [2.05, 4.69) is 26.9 Å². The van der Waals surface area contributed by atoms with Crippen molar-refractivity contribution in [1.82, 2.24) is 19.9 Å². The molecule has 0 bridgehead atoms. The lowest BCUT2D eigenvalue weighted by Gasteiger charge is -2.11. The first-order valence-electron chi connectivity index (χ1n) is 9.59. The van der Waals surface area contributed by atoms with Crippen LogP contribution in [0.15, 0.2) is 42.9 Å². The molecule has 6 nitrogen and oxygen atoms in total. The number of hydrogen-bond donors (Lipinski definition) is 0. The van der Waals surface area contributed by atoms with Crippen molar-refractivity contribution in [3.05, 3.63) is 60.1 Å². The molecule has 0 aromatic carbocycles. The van der Waals surface area contributed by atoms with Crippen LogP contribution in [0.25, 0.3) is 11.1 Å². The lowest BCUT2D eigenvalue weighted by Crippen LogP contribution is -2.06. The highest BCUT2D eigenvalue weighted by atomic mass is 16.5. The Labute approximate surface area is 165 Å². The Morgan fingerprint density at radius 2 is 1.93 bits per heavy atom. The van der Waals surface area contributed by atoms with E-state index in [9.17, 15) is 0 Å². The summed E-state index contributed by atoms with van der Waals surface area (Å²) in [5.41, 5.74) is 4.00. The standard InChI is InChI=1S/C22H24N4O2/c1-4-17-6-5-15(10-24-17)20-12-23-14(2)26-22(20)28-13-16-9-19(16)21-8-7-18(27-3)11-25-21/h5-8,10-12,16,19H,4,9,13H2,1-3H3/t16-,19+/m1/s1. The quantitative estimate of drug-likeness (QED) is 0.621. The Bertz CT molecular complexity index is 942. The fourth-order valence-corrected chi connectivity index (χ4v) is 3.26. The van der Waals surface area contributed by atoms with Crippen molar-refractivity contribution in [2.24, 2.45) is 5.92 Å². The molecule has 0 radical (unpaired) electrons. The van der Waals surface area contributed by atoms with Gasteiger partial charge in [0.2, 0.25) is 5.88 Å². The lowest BCUT2D eigenvalue weighted by atomic mass is 10.1. The fraction of sp³-hybridized carbons (Fsp3) is 0.364. The van der Waals surface area contributed by atoms with E-state index in [1.54, 1.807) is 13.3 Å². The number of pyridine rings is 2. The number of ether oxygens (including phenoxy) is 2. The normalized spacial score (nSPS) is 18.0. The molecule has 1 aliphatic carbocycles. The van der Waals surface area contributed by atoms with E-state index in [0.29, 0.717) is 30.1 Å². The van der Waals surface area contributed by atoms with E-state index in [1.807, 2.05) is 43.6 Å². The zero-order valence-electron chi connectivity index (χ0n) is 16.4. The summed E-state index contributed by atoms with van der Waals surface area (Å²) in [6.45, 7) is 4.58. The van der Waals surface area contributed by atoms with Crippen LogP contribution in [0.3, 0.4) is 0 Å². The number of rotatable bonds is 7. The molecule has 144 valence electrons. The van der Waals surface area contributed by atoms with Crippen molar-refractivity contribution < 1.29 is 9.47 Å². The topological polar surface area (TPSA) is 70.0 Å². The Morgan fingerprint density at radius 3 is 2.61 bits per heavy atom. The zero-order chi connectivity index (χ0) is 19.5. The molecule has 0 unspecified atom stereocenters. The van der Waals surface area contributed by atoms with Gasteiger partial charge in [0.15, 0.2) is 0 Å². The predicted molar refractivity (Wildman–Crippen MR) is 107 cm³/mol. The first-order valence-corrected chi connectivity index (χ1v) is 9.59. The lowest BCUT2D eigenvalue weighted by molar-refractivity contribution is 0.285. The van der Waals surface area contributed by atoms with Crippen molar-refractivity contribution >= 4 is 0 Å². The molecule has 28 heavy (non-hydrogen) atoms. The summed E-state index contributed by atoms with van der Waals surface area (Å²) in [4.78, 5) is 17.8. The number of methoxy groups -OCH3 is 1. The van der Waals surface area contributed by atoms with Crippen molar-refractivity contribution in [3.8, 4) is 22.8 Å². The molecule has 0 amide bonds. The molecule has 0 spiro atoms. The highest BCUT2D eigenvalue weighted by Crippen LogP contribution is 2.47. The minimum absolute atomic E-state index is 0.433. The Kier molecular flexibility index (Phi) is 5.19. The van der Waals surface area contributed by atoms with Gasteiger partial charge in [-0.25, -0.2) is 4.98 Å². The van der Waals surface area contributed by atoms with E-state index in [-0.39, 0.29) is 0 Å². The average Bonchev–Trinajstić information content (AvgIpc) is 3.52. The van der Waals surface area contributed by atoms with Crippen molar-refractivity contribution in [1.29, 1.82) is 0 Å². The van der Waals surface area contributed by atoms with Gasteiger partial charge in [-0.05, 0) is 38.0 Å². The Hall–Kier alpha value is -3.02. The molecule has 0 N–H and O–H groups in total. The van der Waals surface area contributed by atoms with Crippen molar-refractivity contribution in [2.45, 2.75) is 32.6 Å². The second-order valence-corrected chi connectivity index (χ2v) is 7.06. The summed E-state index contributed by atoms with van der Waals surface area (Å²) in [7, 11) is 1.65. The number of nitrogens with zero attached hydrogens (tertiary/aromatic N) is 4. The van der Waals surface area contributed by atoms with Gasteiger partial charge in [-0.3, -0.25) is 9.97 Å². The maximum atomic E-state index is 6.12. The maximum absolute atomic E-state index is 6.12. The molecular weight excluding hydrogens is 352 g/mol. The SMILES string of the molecule is CCc1ccc(-c2cnc(C)nc2OC[C@H]2C[C@@H]2c2ccc(OC)cn2)cn1. The molecule has 4 rings (SSSR count). The highest BCUT2D eigenvalue weighted by molar-refractivity contribution is 5.66. The van der Waals surface area contributed by atoms with Gasteiger partial charge in [-0.1, -0.05) is 13.0 Å². The molecule has 6 heteroatoms. The molecule has 0 aliphatic heterocycles. The average molecular weight is 376 g/mol. The molecule has 1 saturated carbocycles. The number of hydrogen-bond acceptors (Lipinski definition) is 6. The zero-order valence-corrected chi connectivity index (χ0v) is 16.4. The predicted octanol–water partition coefficient (Wildman–Crippen LogP) is 4.00. The molecule has 3 aromatic rings. The maximum Gasteiger partial charge on any atom is 0.224 e. The van der Waals surface area contributed by atoms with E-state index < -0.39 is 0 Å². The van der Waals surface area contributed by atoms with Crippen LogP contribution in [-0.2, 0) is 6.42 Å². The molecular formula is C22H24N4O2. The molecule has 0 saturated heterocycles. The fourth-order valence-electron chi connectivity index (χ4n) is 3.26. The highest BCUT2D eigenvalue weighted by Gasteiger charge is 2.40. The van der Waals surface area contributed by atoms with E-state index >= 15 is 0 Å². The van der Waals surface area contributed by atoms with Gasteiger partial charge in [0, 0.05) is 41.2 Å².